The molecule has 0 saturated heterocycles. The summed E-state index contributed by atoms with van der Waals surface area (Å²) >= 11 is 0. The predicted octanol–water partition coefficient (Wildman–Crippen LogP) is 3.19. The molecule has 1 aromatic rings. The van der Waals surface area contributed by atoms with Crippen molar-refractivity contribution in [1.82, 2.24) is 4.98 Å². The molecular formula is C8H5F6NO. The molecule has 0 N–H and O–H groups in total. The standard InChI is InChI=1S/C8H5F6NO/c1-16-5-3(9)2-4(7(10)11)15-6(5)8(12,13)14/h2,7H,1H3. The summed E-state index contributed by atoms with van der Waals surface area (Å²) in [5.74, 6) is -2.72. The third-order valence-electron chi connectivity index (χ3n) is 1.64. The lowest BCUT2D eigenvalue weighted by atomic mass is 10.2. The molecule has 2 nitrogen and oxygen atoms in total. The van der Waals surface area contributed by atoms with Crippen LogP contribution in [0.15, 0.2) is 6.07 Å². The van der Waals surface area contributed by atoms with E-state index in [4.69, 9.17) is 0 Å². The number of hydrogen-bond acceptors (Lipinski definition) is 2. The number of aromatic nitrogens is 1. The topological polar surface area (TPSA) is 22.1 Å². The van der Waals surface area contributed by atoms with Gasteiger partial charge in [0.05, 0.1) is 7.11 Å². The minimum atomic E-state index is -5.06. The van der Waals surface area contributed by atoms with Gasteiger partial charge in [0.15, 0.2) is 17.3 Å². The smallest absolute Gasteiger partial charge is 0.437 e. The second kappa shape index (κ2) is 4.18. The SMILES string of the molecule is COc1c(F)cc(C(F)F)nc1C(F)(F)F. The van der Waals surface area contributed by atoms with Crippen molar-refractivity contribution >= 4 is 0 Å². The van der Waals surface area contributed by atoms with E-state index < -0.39 is 35.6 Å². The van der Waals surface area contributed by atoms with E-state index in [-0.39, 0.29) is 6.07 Å². The Morgan fingerprint density at radius 1 is 1.31 bits per heavy atom. The second-order valence-electron chi connectivity index (χ2n) is 2.71. The predicted molar refractivity (Wildman–Crippen MR) is 40.7 cm³/mol. The van der Waals surface area contributed by atoms with Gasteiger partial charge in [-0.05, 0) is 0 Å². The number of hydrogen-bond donors (Lipinski definition) is 0. The van der Waals surface area contributed by atoms with Crippen LogP contribution in [0.25, 0.3) is 0 Å². The zero-order chi connectivity index (χ0) is 12.5. The van der Waals surface area contributed by atoms with Crippen LogP contribution in [0.2, 0.25) is 0 Å². The summed E-state index contributed by atoms with van der Waals surface area (Å²) in [7, 11) is 0.789. The van der Waals surface area contributed by atoms with Crippen LogP contribution in [0.4, 0.5) is 26.3 Å². The average molecular weight is 245 g/mol. The molecule has 0 aliphatic carbocycles. The Kier molecular flexibility index (Phi) is 3.30. The highest BCUT2D eigenvalue weighted by atomic mass is 19.4. The van der Waals surface area contributed by atoms with E-state index in [9.17, 15) is 26.3 Å². The molecule has 0 aliphatic rings. The van der Waals surface area contributed by atoms with Gasteiger partial charge in [0.2, 0.25) is 0 Å². The Labute approximate surface area is 85.9 Å². The van der Waals surface area contributed by atoms with Crippen molar-refractivity contribution in [2.24, 2.45) is 0 Å². The van der Waals surface area contributed by atoms with Crippen molar-refractivity contribution in [3.8, 4) is 5.75 Å². The van der Waals surface area contributed by atoms with Crippen molar-refractivity contribution in [2.75, 3.05) is 7.11 Å². The van der Waals surface area contributed by atoms with Gasteiger partial charge < -0.3 is 4.74 Å². The van der Waals surface area contributed by atoms with E-state index >= 15 is 0 Å². The summed E-state index contributed by atoms with van der Waals surface area (Å²) in [6, 6.07) is 0.207. The lowest BCUT2D eigenvalue weighted by Crippen LogP contribution is -2.13. The second-order valence-corrected chi connectivity index (χ2v) is 2.71. The Bertz CT molecular complexity index is 389. The highest BCUT2D eigenvalue weighted by Crippen LogP contribution is 2.37. The first-order valence-electron chi connectivity index (χ1n) is 3.87. The molecule has 1 heterocycles. The van der Waals surface area contributed by atoms with Crippen LogP contribution in [-0.2, 0) is 6.18 Å². The van der Waals surface area contributed by atoms with Gasteiger partial charge in [-0.1, -0.05) is 0 Å². The quantitative estimate of drug-likeness (QED) is 0.746. The molecule has 1 rings (SSSR count). The molecule has 0 saturated carbocycles. The third kappa shape index (κ3) is 2.37. The van der Waals surface area contributed by atoms with E-state index in [1.54, 1.807) is 0 Å². The van der Waals surface area contributed by atoms with Gasteiger partial charge in [0.25, 0.3) is 6.43 Å². The van der Waals surface area contributed by atoms with Crippen LogP contribution in [0.3, 0.4) is 0 Å². The largest absolute Gasteiger partial charge is 0.492 e. The zero-order valence-corrected chi connectivity index (χ0v) is 7.78. The van der Waals surface area contributed by atoms with Gasteiger partial charge in [0, 0.05) is 6.07 Å². The van der Waals surface area contributed by atoms with E-state index in [1.807, 2.05) is 0 Å². The maximum atomic E-state index is 13.0. The number of rotatable bonds is 2. The summed E-state index contributed by atoms with van der Waals surface area (Å²) in [5, 5.41) is 0. The molecule has 90 valence electrons. The molecule has 1 aromatic heterocycles. The normalized spacial score (nSPS) is 12.0. The van der Waals surface area contributed by atoms with E-state index in [0.29, 0.717) is 0 Å². The first-order valence-corrected chi connectivity index (χ1v) is 3.87. The summed E-state index contributed by atoms with van der Waals surface area (Å²) in [5.41, 5.74) is -3.09. The van der Waals surface area contributed by atoms with Crippen molar-refractivity contribution < 1.29 is 31.1 Å². The fourth-order valence-electron chi connectivity index (χ4n) is 1.02. The van der Waals surface area contributed by atoms with Crippen molar-refractivity contribution in [2.45, 2.75) is 12.6 Å². The fraction of sp³-hybridized carbons (Fsp3) is 0.375. The molecule has 0 fully saturated rings. The molecule has 0 spiro atoms. The molecule has 16 heavy (non-hydrogen) atoms. The van der Waals surface area contributed by atoms with E-state index in [0.717, 1.165) is 7.11 Å². The maximum Gasteiger partial charge on any atom is 0.437 e. The first-order chi connectivity index (χ1) is 7.27. The summed E-state index contributed by atoms with van der Waals surface area (Å²) in [4.78, 5) is 2.64. The third-order valence-corrected chi connectivity index (χ3v) is 1.64. The van der Waals surface area contributed by atoms with Gasteiger partial charge in [-0.3, -0.25) is 0 Å². The van der Waals surface area contributed by atoms with Gasteiger partial charge >= 0.3 is 6.18 Å². The highest BCUT2D eigenvalue weighted by Gasteiger charge is 2.39. The number of nitrogens with zero attached hydrogens (tertiary/aromatic N) is 1. The number of alkyl halides is 5. The van der Waals surface area contributed by atoms with Gasteiger partial charge in [-0.25, -0.2) is 18.2 Å². The molecule has 0 aliphatic heterocycles. The number of methoxy groups -OCH3 is 1. The maximum absolute atomic E-state index is 13.0. The number of halogens is 6. The Hall–Kier alpha value is -1.47. The number of ether oxygens (including phenoxy) is 1. The fourth-order valence-corrected chi connectivity index (χ4v) is 1.02. The van der Waals surface area contributed by atoms with Crippen molar-refractivity contribution in [3.63, 3.8) is 0 Å². The average Bonchev–Trinajstić information content (AvgIpc) is 2.14. The molecule has 0 aromatic carbocycles. The summed E-state index contributed by atoms with van der Waals surface area (Å²) in [6.45, 7) is 0. The molecule has 8 heteroatoms. The highest BCUT2D eigenvalue weighted by molar-refractivity contribution is 5.33. The van der Waals surface area contributed by atoms with Crippen LogP contribution >= 0.6 is 0 Å². The summed E-state index contributed by atoms with van der Waals surface area (Å²) < 4.78 is 78.3. The zero-order valence-electron chi connectivity index (χ0n) is 7.78. The van der Waals surface area contributed by atoms with Crippen molar-refractivity contribution in [3.05, 3.63) is 23.3 Å². The number of pyridine rings is 1. The first kappa shape index (κ1) is 12.6. The molecule has 0 bridgehead atoms. The molecule has 0 amide bonds. The van der Waals surface area contributed by atoms with Crippen LogP contribution in [0, 0.1) is 5.82 Å². The Morgan fingerprint density at radius 2 is 1.88 bits per heavy atom. The van der Waals surface area contributed by atoms with Crippen LogP contribution < -0.4 is 4.74 Å². The van der Waals surface area contributed by atoms with Gasteiger partial charge in [0.1, 0.15) is 5.69 Å². The van der Waals surface area contributed by atoms with Crippen LogP contribution in [0.1, 0.15) is 17.8 Å². The Morgan fingerprint density at radius 3 is 2.25 bits per heavy atom. The lowest BCUT2D eigenvalue weighted by molar-refractivity contribution is -0.143. The lowest BCUT2D eigenvalue weighted by Gasteiger charge is -2.12. The van der Waals surface area contributed by atoms with Crippen LogP contribution in [0.5, 0.6) is 5.75 Å². The molecule has 0 radical (unpaired) electrons. The van der Waals surface area contributed by atoms with E-state index in [2.05, 4.69) is 9.72 Å². The molecule has 0 unspecified atom stereocenters. The van der Waals surface area contributed by atoms with Crippen molar-refractivity contribution in [1.29, 1.82) is 0 Å². The molecule has 0 atom stereocenters. The minimum absolute atomic E-state index is 0.207. The van der Waals surface area contributed by atoms with E-state index in [1.165, 1.54) is 0 Å². The van der Waals surface area contributed by atoms with Gasteiger partial charge in [-0.2, -0.15) is 13.2 Å². The summed E-state index contributed by atoms with van der Waals surface area (Å²) in [6.07, 6.45) is -8.35. The molecular weight excluding hydrogens is 240 g/mol. The Balaban J connectivity index is 3.43. The monoisotopic (exact) mass is 245 g/mol. The van der Waals surface area contributed by atoms with Crippen LogP contribution in [-0.4, -0.2) is 12.1 Å². The van der Waals surface area contributed by atoms with Gasteiger partial charge in [-0.15, -0.1) is 0 Å². The minimum Gasteiger partial charge on any atom is -0.492 e.